The first-order valence-electron chi connectivity index (χ1n) is 20.8. The van der Waals surface area contributed by atoms with Gasteiger partial charge in [-0.05, 0) is 58.5 Å². The van der Waals surface area contributed by atoms with Crippen molar-refractivity contribution in [1.29, 1.82) is 0 Å². The summed E-state index contributed by atoms with van der Waals surface area (Å²) in [6.07, 6.45) is 0. The highest BCUT2D eigenvalue weighted by molar-refractivity contribution is 6.09. The first kappa shape index (κ1) is 35.5. The van der Waals surface area contributed by atoms with Gasteiger partial charge in [0.05, 0.1) is 22.6 Å². The summed E-state index contributed by atoms with van der Waals surface area (Å²) >= 11 is 0. The van der Waals surface area contributed by atoms with E-state index in [1.54, 1.807) is 0 Å². The summed E-state index contributed by atoms with van der Waals surface area (Å²) in [4.78, 5) is 10.5. The largest absolute Gasteiger partial charge is 0.456 e. The number of hydrogen-bond acceptors (Lipinski definition) is 4. The highest BCUT2D eigenvalue weighted by Crippen LogP contribution is 2.42. The van der Waals surface area contributed by atoms with Crippen LogP contribution in [0.5, 0.6) is 0 Å². The van der Waals surface area contributed by atoms with Crippen LogP contribution in [-0.2, 0) is 0 Å². The van der Waals surface area contributed by atoms with E-state index in [4.69, 9.17) is 19.5 Å². The van der Waals surface area contributed by atoms with Crippen LogP contribution in [0.2, 0.25) is 0 Å². The monoisotopic (exact) mass is 792 g/mol. The summed E-state index contributed by atoms with van der Waals surface area (Å²) in [5, 5.41) is 9.96. The van der Waals surface area contributed by atoms with Gasteiger partial charge < -0.3 is 4.42 Å². The lowest BCUT2D eigenvalue weighted by atomic mass is 9.95. The summed E-state index contributed by atoms with van der Waals surface area (Å²) in [6, 6.07) is 76.1. The molecular formula is C57H36N4O. The van der Waals surface area contributed by atoms with E-state index >= 15 is 0 Å². The molecule has 0 fully saturated rings. The van der Waals surface area contributed by atoms with Gasteiger partial charge in [0.1, 0.15) is 16.9 Å². The third-order valence-electron chi connectivity index (χ3n) is 11.8. The number of furan rings is 1. The van der Waals surface area contributed by atoms with Crippen molar-refractivity contribution in [2.24, 2.45) is 0 Å². The second-order valence-electron chi connectivity index (χ2n) is 15.6. The number of hydrogen-bond donors (Lipinski definition) is 0. The number of benzene rings is 8. The molecule has 0 aliphatic carbocycles. The molecule has 5 nitrogen and oxygen atoms in total. The molecule has 4 aromatic heterocycles. The van der Waals surface area contributed by atoms with Crippen LogP contribution < -0.4 is 0 Å². The molecule has 0 aliphatic rings. The quantitative estimate of drug-likeness (QED) is 0.161. The molecule has 0 N–H and O–H groups in total. The normalized spacial score (nSPS) is 11.5. The zero-order valence-electron chi connectivity index (χ0n) is 33.5. The van der Waals surface area contributed by atoms with Gasteiger partial charge in [-0.3, -0.25) is 0 Å². The first-order valence-corrected chi connectivity index (χ1v) is 20.8. The van der Waals surface area contributed by atoms with Gasteiger partial charge in [0, 0.05) is 49.5 Å². The Bertz CT molecular complexity index is 3610. The van der Waals surface area contributed by atoms with Crippen molar-refractivity contribution in [3.63, 3.8) is 0 Å². The van der Waals surface area contributed by atoms with Gasteiger partial charge in [0.2, 0.25) is 0 Å². The smallest absolute Gasteiger partial charge is 0.160 e. The number of para-hydroxylation sites is 1. The van der Waals surface area contributed by atoms with Crippen LogP contribution >= 0.6 is 0 Å². The molecule has 12 rings (SSSR count). The van der Waals surface area contributed by atoms with Crippen LogP contribution in [0, 0.1) is 0 Å². The van der Waals surface area contributed by atoms with Crippen LogP contribution in [0.4, 0.5) is 0 Å². The Balaban J connectivity index is 1.01. The molecule has 290 valence electrons. The molecule has 0 spiro atoms. The van der Waals surface area contributed by atoms with Crippen LogP contribution in [-0.4, -0.2) is 19.6 Å². The van der Waals surface area contributed by atoms with Crippen molar-refractivity contribution < 1.29 is 4.42 Å². The van der Waals surface area contributed by atoms with Crippen molar-refractivity contribution in [3.05, 3.63) is 218 Å². The molecule has 0 aliphatic heterocycles. The van der Waals surface area contributed by atoms with Gasteiger partial charge in [-0.1, -0.05) is 182 Å². The van der Waals surface area contributed by atoms with E-state index in [2.05, 4.69) is 199 Å². The van der Waals surface area contributed by atoms with Crippen LogP contribution in [0.15, 0.2) is 223 Å². The number of rotatable bonds is 7. The van der Waals surface area contributed by atoms with Crippen molar-refractivity contribution in [3.8, 4) is 78.7 Å². The van der Waals surface area contributed by atoms with E-state index in [-0.39, 0.29) is 0 Å². The van der Waals surface area contributed by atoms with Crippen LogP contribution in [0.3, 0.4) is 0 Å². The molecule has 0 saturated heterocycles. The molecular weight excluding hydrogens is 757 g/mol. The SMILES string of the molecule is c1ccc(-c2cc(-c3ccc(-c4ccc5c(c4)oc4ccccc45)cc3)nc(-c3cccc(-c4c(-c5ccccc5)nn5c(-c6ccccc6)cc6ccccc6c45)c3)n2)cc1. The van der Waals surface area contributed by atoms with Crippen molar-refractivity contribution in [1.82, 2.24) is 19.6 Å². The summed E-state index contributed by atoms with van der Waals surface area (Å²) in [5.74, 6) is 0.648. The molecule has 8 aromatic carbocycles. The Morgan fingerprint density at radius 2 is 0.919 bits per heavy atom. The number of fused-ring (bicyclic) bond motifs is 6. The molecule has 0 radical (unpaired) electrons. The molecule has 62 heavy (non-hydrogen) atoms. The van der Waals surface area contributed by atoms with Gasteiger partial charge >= 0.3 is 0 Å². The van der Waals surface area contributed by atoms with E-state index in [0.29, 0.717) is 5.82 Å². The molecule has 4 heterocycles. The maximum absolute atomic E-state index is 6.22. The van der Waals surface area contributed by atoms with Crippen molar-refractivity contribution >= 4 is 38.2 Å². The zero-order chi connectivity index (χ0) is 41.0. The molecule has 5 heteroatoms. The Morgan fingerprint density at radius 3 is 1.68 bits per heavy atom. The molecule has 12 aromatic rings. The lowest BCUT2D eigenvalue weighted by Crippen LogP contribution is -1.96. The Labute approximate surface area is 357 Å². The zero-order valence-corrected chi connectivity index (χ0v) is 33.5. The number of aromatic nitrogens is 4. The van der Waals surface area contributed by atoms with Gasteiger partial charge in [0.25, 0.3) is 0 Å². The fourth-order valence-electron chi connectivity index (χ4n) is 8.81. The molecule has 0 unspecified atom stereocenters. The fourth-order valence-corrected chi connectivity index (χ4v) is 8.81. The van der Waals surface area contributed by atoms with Crippen molar-refractivity contribution in [2.45, 2.75) is 0 Å². The summed E-state index contributed by atoms with van der Waals surface area (Å²) < 4.78 is 8.35. The average molecular weight is 793 g/mol. The van der Waals surface area contributed by atoms with E-state index in [9.17, 15) is 0 Å². The maximum atomic E-state index is 6.22. The minimum atomic E-state index is 0.648. The predicted octanol–water partition coefficient (Wildman–Crippen LogP) is 14.8. The fraction of sp³-hybridized carbons (Fsp3) is 0. The second kappa shape index (κ2) is 14.7. The highest BCUT2D eigenvalue weighted by Gasteiger charge is 2.22. The minimum absolute atomic E-state index is 0.648. The Hall–Kier alpha value is -8.41. The number of nitrogens with zero attached hydrogens (tertiary/aromatic N) is 4. The first-order chi connectivity index (χ1) is 30.7. The molecule has 0 atom stereocenters. The van der Waals surface area contributed by atoms with Gasteiger partial charge in [-0.25, -0.2) is 14.5 Å². The van der Waals surface area contributed by atoms with E-state index < -0.39 is 0 Å². The molecule has 0 amide bonds. The van der Waals surface area contributed by atoms with Crippen molar-refractivity contribution in [2.75, 3.05) is 0 Å². The topological polar surface area (TPSA) is 56.2 Å². The number of pyridine rings is 1. The minimum Gasteiger partial charge on any atom is -0.456 e. The highest BCUT2D eigenvalue weighted by atomic mass is 16.3. The Morgan fingerprint density at radius 1 is 0.355 bits per heavy atom. The average Bonchev–Trinajstić information content (AvgIpc) is 3.94. The van der Waals surface area contributed by atoms with Gasteiger partial charge in [-0.15, -0.1) is 0 Å². The summed E-state index contributed by atoms with van der Waals surface area (Å²) in [6.45, 7) is 0. The maximum Gasteiger partial charge on any atom is 0.160 e. The third kappa shape index (κ3) is 6.14. The van der Waals surface area contributed by atoms with Gasteiger partial charge in [0.15, 0.2) is 5.82 Å². The summed E-state index contributed by atoms with van der Waals surface area (Å²) in [5.41, 5.74) is 15.9. The predicted molar refractivity (Wildman–Crippen MR) is 254 cm³/mol. The molecule has 0 bridgehead atoms. The van der Waals surface area contributed by atoms with E-state index in [0.717, 1.165) is 111 Å². The van der Waals surface area contributed by atoms with E-state index in [1.807, 2.05) is 24.3 Å². The lowest BCUT2D eigenvalue weighted by Gasteiger charge is -2.12. The summed E-state index contributed by atoms with van der Waals surface area (Å²) in [7, 11) is 0. The molecule has 0 saturated carbocycles. The van der Waals surface area contributed by atoms with Gasteiger partial charge in [-0.2, -0.15) is 5.10 Å². The Kier molecular flexibility index (Phi) is 8.42. The second-order valence-corrected chi connectivity index (χ2v) is 15.6. The van der Waals surface area contributed by atoms with Crippen LogP contribution in [0.1, 0.15) is 0 Å². The third-order valence-corrected chi connectivity index (χ3v) is 11.8. The lowest BCUT2D eigenvalue weighted by molar-refractivity contribution is 0.669. The standard InChI is InChI=1S/C57H36N4O/c1-4-15-38(16-5-1)49-36-50(39-29-27-37(28-30-39)42-31-32-48-47-25-12-13-26-52(47)62-53(48)35-42)59-57(58-49)45-23-14-22-44(33-45)54-55(41-19-8-3-9-20-41)60-61-51(40-17-6-2-7-18-40)34-43-21-10-11-24-46(43)56(54)61/h1-36H. The van der Waals surface area contributed by atoms with Crippen LogP contribution in [0.25, 0.3) is 117 Å². The van der Waals surface area contributed by atoms with E-state index in [1.165, 1.54) is 0 Å².